The van der Waals surface area contributed by atoms with Crippen LogP contribution in [0.25, 0.3) is 11.1 Å². The zero-order valence-corrected chi connectivity index (χ0v) is 12.0. The summed E-state index contributed by atoms with van der Waals surface area (Å²) in [7, 11) is 1.24. The minimum Gasteiger partial charge on any atom is -0.465 e. The summed E-state index contributed by atoms with van der Waals surface area (Å²) >= 11 is 0. The van der Waals surface area contributed by atoms with E-state index >= 15 is 0 Å². The third kappa shape index (κ3) is 2.91. The Labute approximate surface area is 122 Å². The van der Waals surface area contributed by atoms with E-state index < -0.39 is 10.9 Å². The van der Waals surface area contributed by atoms with Crippen molar-refractivity contribution in [3.63, 3.8) is 0 Å². The summed E-state index contributed by atoms with van der Waals surface area (Å²) in [5.41, 5.74) is 3.46. The van der Waals surface area contributed by atoms with Gasteiger partial charge in [-0.3, -0.25) is 10.1 Å². The number of rotatable bonds is 3. The molecule has 0 aliphatic heterocycles. The highest BCUT2D eigenvalue weighted by Crippen LogP contribution is 2.32. The molecule has 0 heterocycles. The standard InChI is InChI=1S/C16H15NO4/c1-10-4-5-12(8-11(10)2)14-7-6-13(16(18)21-3)9-15(14)17(19)20/h4-9H,1-3H3. The first kappa shape index (κ1) is 14.7. The van der Waals surface area contributed by atoms with Gasteiger partial charge in [0.25, 0.3) is 5.69 Å². The number of nitro benzene ring substituents is 1. The van der Waals surface area contributed by atoms with E-state index in [0.29, 0.717) is 5.56 Å². The minimum atomic E-state index is -0.593. The Morgan fingerprint density at radius 2 is 1.81 bits per heavy atom. The van der Waals surface area contributed by atoms with Crippen LogP contribution in [0.3, 0.4) is 0 Å². The van der Waals surface area contributed by atoms with Gasteiger partial charge in [-0.1, -0.05) is 18.2 Å². The van der Waals surface area contributed by atoms with Crippen molar-refractivity contribution in [1.29, 1.82) is 0 Å². The second-order valence-electron chi connectivity index (χ2n) is 4.78. The first-order valence-corrected chi connectivity index (χ1v) is 6.38. The van der Waals surface area contributed by atoms with Gasteiger partial charge in [-0.05, 0) is 42.7 Å². The SMILES string of the molecule is COC(=O)c1ccc(-c2ccc(C)c(C)c2)c([N+](=O)[O-])c1. The second-order valence-corrected chi connectivity index (χ2v) is 4.78. The molecular formula is C16H15NO4. The molecule has 0 unspecified atom stereocenters. The molecule has 0 amide bonds. The summed E-state index contributed by atoms with van der Waals surface area (Å²) in [5, 5.41) is 11.3. The quantitative estimate of drug-likeness (QED) is 0.490. The van der Waals surface area contributed by atoms with E-state index in [9.17, 15) is 14.9 Å². The number of hydrogen-bond donors (Lipinski definition) is 0. The molecule has 0 fully saturated rings. The number of methoxy groups -OCH3 is 1. The molecule has 0 atom stereocenters. The Balaban J connectivity index is 2.60. The van der Waals surface area contributed by atoms with E-state index in [1.165, 1.54) is 19.2 Å². The highest BCUT2D eigenvalue weighted by Gasteiger charge is 2.19. The Morgan fingerprint density at radius 3 is 2.38 bits per heavy atom. The van der Waals surface area contributed by atoms with E-state index in [2.05, 4.69) is 4.74 Å². The van der Waals surface area contributed by atoms with Crippen molar-refractivity contribution < 1.29 is 14.5 Å². The van der Waals surface area contributed by atoms with Gasteiger partial charge in [-0.15, -0.1) is 0 Å². The van der Waals surface area contributed by atoms with Crippen LogP contribution in [0.1, 0.15) is 21.5 Å². The van der Waals surface area contributed by atoms with E-state index in [0.717, 1.165) is 16.7 Å². The lowest BCUT2D eigenvalue weighted by molar-refractivity contribution is -0.384. The molecule has 2 aromatic carbocycles. The number of aryl methyl sites for hydroxylation is 2. The Hall–Kier alpha value is -2.69. The molecule has 0 aromatic heterocycles. The summed E-state index contributed by atoms with van der Waals surface area (Å²) in [6.45, 7) is 3.93. The topological polar surface area (TPSA) is 69.4 Å². The van der Waals surface area contributed by atoms with Gasteiger partial charge in [-0.25, -0.2) is 4.79 Å². The van der Waals surface area contributed by atoms with Crippen molar-refractivity contribution in [3.05, 3.63) is 63.2 Å². The molecule has 0 aliphatic carbocycles. The second kappa shape index (κ2) is 5.75. The van der Waals surface area contributed by atoms with Crippen LogP contribution >= 0.6 is 0 Å². The van der Waals surface area contributed by atoms with Crippen molar-refractivity contribution in [2.24, 2.45) is 0 Å². The average Bonchev–Trinajstić information content (AvgIpc) is 2.48. The van der Waals surface area contributed by atoms with Gasteiger partial charge in [-0.2, -0.15) is 0 Å². The lowest BCUT2D eigenvalue weighted by Crippen LogP contribution is -2.03. The normalized spacial score (nSPS) is 10.2. The van der Waals surface area contributed by atoms with Crippen LogP contribution in [-0.4, -0.2) is 18.0 Å². The van der Waals surface area contributed by atoms with Gasteiger partial charge in [0.2, 0.25) is 0 Å². The summed E-state index contributed by atoms with van der Waals surface area (Å²) in [6, 6.07) is 10.0. The number of carbonyl (C=O) groups excluding carboxylic acids is 1. The molecule has 0 aliphatic rings. The lowest BCUT2D eigenvalue weighted by Gasteiger charge is -2.08. The molecule has 21 heavy (non-hydrogen) atoms. The largest absolute Gasteiger partial charge is 0.465 e. The number of esters is 1. The zero-order chi connectivity index (χ0) is 15.6. The summed E-state index contributed by atoms with van der Waals surface area (Å²) < 4.78 is 4.59. The third-order valence-electron chi connectivity index (χ3n) is 3.43. The minimum absolute atomic E-state index is 0.110. The van der Waals surface area contributed by atoms with Crippen LogP contribution in [0.15, 0.2) is 36.4 Å². The first-order valence-electron chi connectivity index (χ1n) is 6.38. The maximum absolute atomic E-state index is 11.5. The van der Waals surface area contributed by atoms with Gasteiger partial charge in [0.05, 0.1) is 23.2 Å². The fraction of sp³-hybridized carbons (Fsp3) is 0.188. The number of ether oxygens (including phenoxy) is 1. The highest BCUT2D eigenvalue weighted by atomic mass is 16.6. The molecule has 0 saturated carbocycles. The molecule has 5 heteroatoms. The van der Waals surface area contributed by atoms with Crippen LogP contribution < -0.4 is 0 Å². The predicted molar refractivity (Wildman–Crippen MR) is 79.3 cm³/mol. The van der Waals surface area contributed by atoms with Gasteiger partial charge in [0.1, 0.15) is 0 Å². The monoisotopic (exact) mass is 285 g/mol. The van der Waals surface area contributed by atoms with Crippen LogP contribution in [0, 0.1) is 24.0 Å². The fourth-order valence-corrected chi connectivity index (χ4v) is 2.08. The summed E-state index contributed by atoms with van der Waals surface area (Å²) in [6.07, 6.45) is 0. The van der Waals surface area contributed by atoms with E-state index in [1.54, 1.807) is 6.07 Å². The number of benzene rings is 2. The Kier molecular flexibility index (Phi) is 4.03. The van der Waals surface area contributed by atoms with Gasteiger partial charge < -0.3 is 4.74 Å². The maximum atomic E-state index is 11.5. The van der Waals surface area contributed by atoms with Crippen LogP contribution in [-0.2, 0) is 4.74 Å². The predicted octanol–water partition coefficient (Wildman–Crippen LogP) is 3.67. The smallest absolute Gasteiger partial charge is 0.338 e. The molecule has 0 N–H and O–H groups in total. The highest BCUT2D eigenvalue weighted by molar-refractivity contribution is 5.92. The van der Waals surface area contributed by atoms with Gasteiger partial charge in [0.15, 0.2) is 0 Å². The number of nitro groups is 1. The Bertz CT molecular complexity index is 722. The number of carbonyl (C=O) groups is 1. The molecule has 2 aromatic rings. The van der Waals surface area contributed by atoms with Gasteiger partial charge in [0, 0.05) is 6.07 Å². The van der Waals surface area contributed by atoms with Gasteiger partial charge >= 0.3 is 5.97 Å². The Morgan fingerprint density at radius 1 is 1.10 bits per heavy atom. The van der Waals surface area contributed by atoms with Crippen LogP contribution in [0.5, 0.6) is 0 Å². The fourth-order valence-electron chi connectivity index (χ4n) is 2.08. The summed E-state index contributed by atoms with van der Waals surface area (Å²) in [5.74, 6) is -0.593. The zero-order valence-electron chi connectivity index (χ0n) is 12.0. The van der Waals surface area contributed by atoms with Crippen molar-refractivity contribution in [3.8, 4) is 11.1 Å². The summed E-state index contributed by atoms with van der Waals surface area (Å²) in [4.78, 5) is 22.3. The maximum Gasteiger partial charge on any atom is 0.338 e. The molecule has 0 spiro atoms. The molecule has 0 radical (unpaired) electrons. The van der Waals surface area contributed by atoms with E-state index in [-0.39, 0.29) is 11.3 Å². The number of nitrogens with zero attached hydrogens (tertiary/aromatic N) is 1. The molecule has 108 valence electrons. The molecule has 2 rings (SSSR count). The van der Waals surface area contributed by atoms with E-state index in [4.69, 9.17) is 0 Å². The number of hydrogen-bond acceptors (Lipinski definition) is 4. The van der Waals surface area contributed by atoms with Crippen molar-refractivity contribution in [1.82, 2.24) is 0 Å². The van der Waals surface area contributed by atoms with Crippen LogP contribution in [0.4, 0.5) is 5.69 Å². The van der Waals surface area contributed by atoms with E-state index in [1.807, 2.05) is 32.0 Å². The molecule has 0 saturated heterocycles. The first-order chi connectivity index (χ1) is 9.93. The molecule has 5 nitrogen and oxygen atoms in total. The third-order valence-corrected chi connectivity index (χ3v) is 3.43. The molecular weight excluding hydrogens is 270 g/mol. The van der Waals surface area contributed by atoms with Crippen molar-refractivity contribution in [2.45, 2.75) is 13.8 Å². The average molecular weight is 285 g/mol. The van der Waals surface area contributed by atoms with Crippen LogP contribution in [0.2, 0.25) is 0 Å². The molecule has 0 bridgehead atoms. The lowest BCUT2D eigenvalue weighted by atomic mass is 9.98. The van der Waals surface area contributed by atoms with Crippen molar-refractivity contribution in [2.75, 3.05) is 7.11 Å². The van der Waals surface area contributed by atoms with Crippen molar-refractivity contribution >= 4 is 11.7 Å².